The maximum absolute atomic E-state index is 10.1. The molecule has 0 aliphatic heterocycles. The molecule has 0 aromatic heterocycles. The molecule has 0 saturated heterocycles. The largest absolute Gasteiger partial charge is 0.192 e. The molecule has 172 valence electrons. The van der Waals surface area contributed by atoms with Crippen molar-refractivity contribution in [2.45, 2.75) is 122 Å². The number of hydrogen-bond acceptors (Lipinski definition) is 2. The number of fused-ring (bicyclic) bond motifs is 3. The summed E-state index contributed by atoms with van der Waals surface area (Å²) in [6.45, 7) is 4.61. The zero-order valence-electron chi connectivity index (χ0n) is 20.5. The number of nitrogens with zero attached hydrogens (tertiary/aromatic N) is 2. The van der Waals surface area contributed by atoms with Gasteiger partial charge in [0.05, 0.1) is 11.1 Å². The molecule has 0 radical (unpaired) electrons. The van der Waals surface area contributed by atoms with Crippen molar-refractivity contribution in [1.82, 2.24) is 0 Å². The average Bonchev–Trinajstić information content (AvgIpc) is 2.84. The summed E-state index contributed by atoms with van der Waals surface area (Å²) in [5.41, 5.74) is 4.42. The summed E-state index contributed by atoms with van der Waals surface area (Å²) in [5, 5.41) is 20.2. The van der Waals surface area contributed by atoms with Crippen molar-refractivity contribution in [3.8, 4) is 12.1 Å². The van der Waals surface area contributed by atoms with Gasteiger partial charge in [-0.1, -0.05) is 70.9 Å². The molecule has 2 bridgehead atoms. The SMILES string of the molecule is CCCC1CCC(CCc2ccc(C34CCC(CCC)(CC3)CC4)c(C#N)c2C#N)CC1. The smallest absolute Gasteiger partial charge is 0.101 e. The molecule has 0 unspecified atom stereocenters. The van der Waals surface area contributed by atoms with Crippen LogP contribution >= 0.6 is 0 Å². The van der Waals surface area contributed by atoms with Crippen LogP contribution in [-0.4, -0.2) is 0 Å². The Hall–Kier alpha value is -1.80. The highest BCUT2D eigenvalue weighted by atomic mass is 14.5. The lowest BCUT2D eigenvalue weighted by Gasteiger charge is -2.54. The van der Waals surface area contributed by atoms with Crippen LogP contribution in [0.25, 0.3) is 0 Å². The Balaban J connectivity index is 1.48. The monoisotopic (exact) mass is 430 g/mol. The minimum atomic E-state index is 0.141. The minimum absolute atomic E-state index is 0.141. The topological polar surface area (TPSA) is 47.6 Å². The van der Waals surface area contributed by atoms with Crippen LogP contribution in [0.3, 0.4) is 0 Å². The second-order valence-corrected chi connectivity index (χ2v) is 11.5. The van der Waals surface area contributed by atoms with E-state index >= 15 is 0 Å². The van der Waals surface area contributed by atoms with Gasteiger partial charge in [0.15, 0.2) is 0 Å². The lowest BCUT2D eigenvalue weighted by molar-refractivity contribution is 0.0319. The Labute approximate surface area is 196 Å². The highest BCUT2D eigenvalue weighted by molar-refractivity contribution is 5.57. The van der Waals surface area contributed by atoms with Crippen LogP contribution in [0.1, 0.15) is 132 Å². The Morgan fingerprint density at radius 1 is 0.781 bits per heavy atom. The first-order valence-corrected chi connectivity index (χ1v) is 13.6. The Kier molecular flexibility index (Phi) is 7.30. The van der Waals surface area contributed by atoms with Crippen LogP contribution in [-0.2, 0) is 11.8 Å². The summed E-state index contributed by atoms with van der Waals surface area (Å²) in [6, 6.07) is 9.44. The van der Waals surface area contributed by atoms with Gasteiger partial charge < -0.3 is 0 Å². The van der Waals surface area contributed by atoms with Crippen LogP contribution < -0.4 is 0 Å². The summed E-state index contributed by atoms with van der Waals surface area (Å²) >= 11 is 0. The third-order valence-corrected chi connectivity index (χ3v) is 9.75. The van der Waals surface area contributed by atoms with Gasteiger partial charge in [-0.2, -0.15) is 10.5 Å². The predicted octanol–water partition coefficient (Wildman–Crippen LogP) is 8.36. The Morgan fingerprint density at radius 2 is 1.38 bits per heavy atom. The van der Waals surface area contributed by atoms with E-state index < -0.39 is 0 Å². The lowest BCUT2D eigenvalue weighted by atomic mass is 9.50. The molecule has 4 fully saturated rings. The quantitative estimate of drug-likeness (QED) is 0.416. The summed E-state index contributed by atoms with van der Waals surface area (Å²) in [7, 11) is 0. The first kappa shape index (κ1) is 23.4. The van der Waals surface area contributed by atoms with Gasteiger partial charge in [0.1, 0.15) is 12.1 Å². The number of rotatable bonds is 8. The maximum Gasteiger partial charge on any atom is 0.101 e. The van der Waals surface area contributed by atoms with E-state index in [0.717, 1.165) is 23.8 Å². The molecule has 4 aliphatic rings. The zero-order chi connectivity index (χ0) is 22.6. The van der Waals surface area contributed by atoms with Gasteiger partial charge in [0.25, 0.3) is 0 Å². The van der Waals surface area contributed by atoms with E-state index in [9.17, 15) is 10.5 Å². The van der Waals surface area contributed by atoms with Gasteiger partial charge in [-0.25, -0.2) is 0 Å². The normalized spacial score (nSPS) is 31.8. The van der Waals surface area contributed by atoms with Crippen molar-refractivity contribution < 1.29 is 0 Å². The molecule has 1 aromatic carbocycles. The maximum atomic E-state index is 10.1. The predicted molar refractivity (Wildman–Crippen MR) is 131 cm³/mol. The molecular formula is C30H42N2. The van der Waals surface area contributed by atoms with Crippen molar-refractivity contribution in [2.75, 3.05) is 0 Å². The molecule has 5 rings (SSSR count). The van der Waals surface area contributed by atoms with E-state index in [1.54, 1.807) is 0 Å². The van der Waals surface area contributed by atoms with Gasteiger partial charge in [0, 0.05) is 0 Å². The van der Waals surface area contributed by atoms with E-state index in [1.165, 1.54) is 102 Å². The molecule has 0 spiro atoms. The molecule has 0 N–H and O–H groups in total. The fraction of sp³-hybridized carbons (Fsp3) is 0.733. The second kappa shape index (κ2) is 10.00. The molecule has 4 saturated carbocycles. The molecule has 0 amide bonds. The van der Waals surface area contributed by atoms with Crippen molar-refractivity contribution in [3.63, 3.8) is 0 Å². The van der Waals surface area contributed by atoms with E-state index in [4.69, 9.17) is 0 Å². The van der Waals surface area contributed by atoms with E-state index in [0.29, 0.717) is 16.5 Å². The highest BCUT2D eigenvalue weighted by Gasteiger charge is 2.49. The van der Waals surface area contributed by atoms with Gasteiger partial charge in [-0.3, -0.25) is 0 Å². The summed E-state index contributed by atoms with van der Waals surface area (Å²) < 4.78 is 0. The Bertz CT molecular complexity index is 851. The van der Waals surface area contributed by atoms with Crippen LogP contribution in [0.2, 0.25) is 0 Å². The molecule has 2 heteroatoms. The third kappa shape index (κ3) is 4.49. The molecule has 0 atom stereocenters. The lowest BCUT2D eigenvalue weighted by Crippen LogP contribution is -2.44. The van der Waals surface area contributed by atoms with Crippen LogP contribution in [0.15, 0.2) is 12.1 Å². The van der Waals surface area contributed by atoms with Gasteiger partial charge in [-0.15, -0.1) is 0 Å². The number of benzene rings is 1. The molecule has 32 heavy (non-hydrogen) atoms. The number of hydrogen-bond donors (Lipinski definition) is 0. The average molecular weight is 431 g/mol. The van der Waals surface area contributed by atoms with E-state index in [2.05, 4.69) is 38.1 Å². The molecule has 2 nitrogen and oxygen atoms in total. The fourth-order valence-electron chi connectivity index (χ4n) is 7.69. The van der Waals surface area contributed by atoms with E-state index in [1.807, 2.05) is 0 Å². The number of nitriles is 2. The first-order valence-electron chi connectivity index (χ1n) is 13.6. The van der Waals surface area contributed by atoms with Crippen molar-refractivity contribution in [2.24, 2.45) is 17.3 Å². The zero-order valence-corrected chi connectivity index (χ0v) is 20.5. The van der Waals surface area contributed by atoms with Crippen molar-refractivity contribution in [3.05, 3.63) is 34.4 Å². The summed E-state index contributed by atoms with van der Waals surface area (Å²) in [4.78, 5) is 0. The highest BCUT2D eigenvalue weighted by Crippen LogP contribution is 2.60. The Morgan fingerprint density at radius 3 is 1.91 bits per heavy atom. The van der Waals surface area contributed by atoms with E-state index in [-0.39, 0.29) is 5.41 Å². The third-order valence-electron chi connectivity index (χ3n) is 9.75. The fourth-order valence-corrected chi connectivity index (χ4v) is 7.69. The van der Waals surface area contributed by atoms with Crippen LogP contribution in [0, 0.1) is 39.9 Å². The van der Waals surface area contributed by atoms with Gasteiger partial charge in [-0.05, 0) is 91.6 Å². The second-order valence-electron chi connectivity index (χ2n) is 11.5. The van der Waals surface area contributed by atoms with Crippen LogP contribution in [0.5, 0.6) is 0 Å². The molecule has 4 aliphatic carbocycles. The first-order chi connectivity index (χ1) is 15.6. The summed E-state index contributed by atoms with van der Waals surface area (Å²) in [6.07, 6.45) is 20.4. The standard InChI is InChI=1S/C30H42N2/c1-3-5-23-6-8-24(9-7-23)10-11-25-12-13-28(27(22-32)26(25)21-31)30-18-15-29(14-4-2,16-19-30)17-20-30/h12-13,23-24H,3-11,14-20H2,1-2H3. The van der Waals surface area contributed by atoms with Crippen molar-refractivity contribution >= 4 is 0 Å². The molecular weight excluding hydrogens is 388 g/mol. The molecule has 0 heterocycles. The van der Waals surface area contributed by atoms with Crippen molar-refractivity contribution in [1.29, 1.82) is 10.5 Å². The van der Waals surface area contributed by atoms with Gasteiger partial charge in [0.2, 0.25) is 0 Å². The molecule has 1 aromatic rings. The number of aryl methyl sites for hydroxylation is 1. The van der Waals surface area contributed by atoms with Crippen LogP contribution in [0.4, 0.5) is 0 Å². The summed E-state index contributed by atoms with van der Waals surface area (Å²) in [5.74, 6) is 1.73. The van der Waals surface area contributed by atoms with Gasteiger partial charge >= 0.3 is 0 Å². The minimum Gasteiger partial charge on any atom is -0.192 e.